The molecular formula is C20H31N3O. The van der Waals surface area contributed by atoms with Crippen molar-refractivity contribution in [2.24, 2.45) is 5.92 Å². The van der Waals surface area contributed by atoms with Crippen LogP contribution < -0.4 is 0 Å². The van der Waals surface area contributed by atoms with Crippen molar-refractivity contribution in [3.05, 3.63) is 35.4 Å². The molecule has 3 heterocycles. The molecule has 0 N–H and O–H groups in total. The van der Waals surface area contributed by atoms with Gasteiger partial charge in [-0.15, -0.1) is 0 Å². The Balaban J connectivity index is 1.63. The standard InChI is InChI=1S/C20H31N3O/c1-4-16-5-7-17(8-6-16)12-23-13-18-9-10-19(23)14-22(11-18)15-20(24)21(2)3/h5-8,18-19H,4,9-15H2,1-3H3/t18-,19+/m1/s1. The largest absolute Gasteiger partial charge is 0.348 e. The Morgan fingerprint density at radius 3 is 2.46 bits per heavy atom. The zero-order valence-corrected chi connectivity index (χ0v) is 15.4. The molecule has 3 fully saturated rings. The number of hydrogen-bond donors (Lipinski definition) is 0. The van der Waals surface area contributed by atoms with Crippen LogP contribution in [0.1, 0.15) is 30.9 Å². The normalized spacial score (nSPS) is 24.8. The van der Waals surface area contributed by atoms with Crippen molar-refractivity contribution in [3.8, 4) is 0 Å². The molecule has 3 aliphatic rings. The highest BCUT2D eigenvalue weighted by molar-refractivity contribution is 5.77. The molecule has 1 amide bonds. The van der Waals surface area contributed by atoms with Crippen molar-refractivity contribution < 1.29 is 4.79 Å². The maximum atomic E-state index is 12.1. The lowest BCUT2D eigenvalue weighted by molar-refractivity contribution is -0.130. The molecule has 4 nitrogen and oxygen atoms in total. The van der Waals surface area contributed by atoms with Crippen molar-refractivity contribution in [3.63, 3.8) is 0 Å². The van der Waals surface area contributed by atoms with Crippen LogP contribution in [-0.4, -0.2) is 66.9 Å². The summed E-state index contributed by atoms with van der Waals surface area (Å²) in [5, 5.41) is 0. The van der Waals surface area contributed by atoms with E-state index in [1.54, 1.807) is 4.90 Å². The number of nitrogens with zero attached hydrogens (tertiary/aromatic N) is 3. The van der Waals surface area contributed by atoms with Gasteiger partial charge in [0.2, 0.25) is 5.91 Å². The second-order valence-corrected chi connectivity index (χ2v) is 7.68. The second-order valence-electron chi connectivity index (χ2n) is 7.68. The number of aryl methyl sites for hydroxylation is 1. The van der Waals surface area contributed by atoms with E-state index in [0.717, 1.165) is 26.1 Å². The van der Waals surface area contributed by atoms with Crippen LogP contribution in [0.2, 0.25) is 0 Å². The summed E-state index contributed by atoms with van der Waals surface area (Å²) >= 11 is 0. The van der Waals surface area contributed by atoms with Crippen LogP contribution in [0.25, 0.3) is 0 Å². The maximum Gasteiger partial charge on any atom is 0.236 e. The van der Waals surface area contributed by atoms with Gasteiger partial charge in [-0.05, 0) is 36.3 Å². The molecule has 4 rings (SSSR count). The summed E-state index contributed by atoms with van der Waals surface area (Å²) in [7, 11) is 3.70. The van der Waals surface area contributed by atoms with Crippen LogP contribution in [0.4, 0.5) is 0 Å². The van der Waals surface area contributed by atoms with Gasteiger partial charge in [0.25, 0.3) is 0 Å². The molecule has 0 spiro atoms. The third-order valence-corrected chi connectivity index (χ3v) is 5.58. The number of carbonyl (C=O) groups is 1. The van der Waals surface area contributed by atoms with E-state index in [2.05, 4.69) is 41.0 Å². The Bertz CT molecular complexity index is 555. The summed E-state index contributed by atoms with van der Waals surface area (Å²) in [6, 6.07) is 9.67. The predicted molar refractivity (Wildman–Crippen MR) is 97.9 cm³/mol. The van der Waals surface area contributed by atoms with Crippen LogP contribution >= 0.6 is 0 Å². The number of carbonyl (C=O) groups excluding carboxylic acids is 1. The van der Waals surface area contributed by atoms with Crippen LogP contribution in [-0.2, 0) is 17.8 Å². The van der Waals surface area contributed by atoms with Gasteiger partial charge in [-0.2, -0.15) is 0 Å². The second kappa shape index (κ2) is 7.66. The van der Waals surface area contributed by atoms with E-state index in [4.69, 9.17) is 0 Å². The Morgan fingerprint density at radius 2 is 1.79 bits per heavy atom. The minimum atomic E-state index is 0.220. The van der Waals surface area contributed by atoms with Crippen molar-refractivity contribution in [2.45, 2.75) is 38.8 Å². The van der Waals surface area contributed by atoms with E-state index in [-0.39, 0.29) is 5.91 Å². The highest BCUT2D eigenvalue weighted by Gasteiger charge is 2.35. The molecule has 24 heavy (non-hydrogen) atoms. The molecule has 3 aliphatic heterocycles. The zero-order chi connectivity index (χ0) is 17.1. The topological polar surface area (TPSA) is 26.8 Å². The quantitative estimate of drug-likeness (QED) is 0.829. The average Bonchev–Trinajstić information content (AvgIpc) is 2.86. The van der Waals surface area contributed by atoms with Crippen molar-refractivity contribution in [2.75, 3.05) is 40.3 Å². The van der Waals surface area contributed by atoms with Gasteiger partial charge in [0.15, 0.2) is 0 Å². The van der Waals surface area contributed by atoms with Gasteiger partial charge in [0.05, 0.1) is 6.54 Å². The van der Waals surface area contributed by atoms with Crippen LogP contribution in [0, 0.1) is 5.92 Å². The van der Waals surface area contributed by atoms with E-state index < -0.39 is 0 Å². The summed E-state index contributed by atoms with van der Waals surface area (Å²) in [6.07, 6.45) is 3.68. The average molecular weight is 329 g/mol. The first-order valence-electron chi connectivity index (χ1n) is 9.29. The van der Waals surface area contributed by atoms with Gasteiger partial charge >= 0.3 is 0 Å². The third kappa shape index (κ3) is 4.17. The molecule has 2 bridgehead atoms. The summed E-state index contributed by atoms with van der Waals surface area (Å²) < 4.78 is 0. The molecule has 4 heteroatoms. The molecule has 0 saturated carbocycles. The van der Waals surface area contributed by atoms with Gasteiger partial charge in [-0.25, -0.2) is 0 Å². The molecule has 0 unspecified atom stereocenters. The van der Waals surface area contributed by atoms with E-state index in [9.17, 15) is 4.79 Å². The smallest absolute Gasteiger partial charge is 0.236 e. The molecule has 0 radical (unpaired) electrons. The highest BCUT2D eigenvalue weighted by atomic mass is 16.2. The van der Waals surface area contributed by atoms with Crippen LogP contribution in [0.5, 0.6) is 0 Å². The number of hydrogen-bond acceptors (Lipinski definition) is 3. The summed E-state index contributed by atoms with van der Waals surface area (Å²) in [6.45, 7) is 7.09. The molecule has 2 atom stereocenters. The maximum absolute atomic E-state index is 12.1. The van der Waals surface area contributed by atoms with Gasteiger partial charge in [-0.3, -0.25) is 14.6 Å². The number of likely N-dealkylation sites (N-methyl/N-ethyl adjacent to an activating group) is 1. The molecule has 0 aromatic heterocycles. The first-order valence-corrected chi connectivity index (χ1v) is 9.29. The molecule has 0 aliphatic carbocycles. The van der Waals surface area contributed by atoms with Crippen molar-refractivity contribution in [1.82, 2.24) is 14.7 Å². The first-order chi connectivity index (χ1) is 11.5. The fraction of sp³-hybridized carbons (Fsp3) is 0.650. The van der Waals surface area contributed by atoms with Crippen LogP contribution in [0.3, 0.4) is 0 Å². The summed E-state index contributed by atoms with van der Waals surface area (Å²) in [4.78, 5) is 18.8. The Morgan fingerprint density at radius 1 is 1.08 bits per heavy atom. The predicted octanol–water partition coefficient (Wildman–Crippen LogP) is 2.23. The minimum Gasteiger partial charge on any atom is -0.348 e. The first kappa shape index (κ1) is 17.4. The van der Waals surface area contributed by atoms with Gasteiger partial charge in [0.1, 0.15) is 0 Å². The number of fused-ring (bicyclic) bond motifs is 4. The molecule has 1 aromatic carbocycles. The molecule has 3 saturated heterocycles. The van der Waals surface area contributed by atoms with Crippen molar-refractivity contribution >= 4 is 5.91 Å². The number of piperidine rings is 1. The number of amides is 1. The third-order valence-electron chi connectivity index (χ3n) is 5.58. The summed E-state index contributed by atoms with van der Waals surface area (Å²) in [5.74, 6) is 0.923. The lowest BCUT2D eigenvalue weighted by Crippen LogP contribution is -2.44. The Kier molecular flexibility index (Phi) is 5.57. The Hall–Kier alpha value is -1.39. The van der Waals surface area contributed by atoms with Crippen molar-refractivity contribution in [1.29, 1.82) is 0 Å². The molecule has 1 aromatic rings. The van der Waals surface area contributed by atoms with Crippen LogP contribution in [0.15, 0.2) is 24.3 Å². The van der Waals surface area contributed by atoms with E-state index in [0.29, 0.717) is 18.5 Å². The van der Waals surface area contributed by atoms with Gasteiger partial charge in [-0.1, -0.05) is 31.2 Å². The lowest BCUT2D eigenvalue weighted by atomic mass is 9.94. The molecule has 132 valence electrons. The number of rotatable bonds is 5. The SMILES string of the molecule is CCc1ccc(CN2C[C@@H]3CC[C@H]2CN(CC(=O)N(C)C)C3)cc1. The lowest BCUT2D eigenvalue weighted by Gasteiger charge is -2.36. The van der Waals surface area contributed by atoms with Gasteiger partial charge in [0, 0.05) is 46.3 Å². The minimum absolute atomic E-state index is 0.220. The van der Waals surface area contributed by atoms with Gasteiger partial charge < -0.3 is 4.90 Å². The Labute approximate surface area is 146 Å². The highest BCUT2D eigenvalue weighted by Crippen LogP contribution is 2.29. The van der Waals surface area contributed by atoms with E-state index in [1.165, 1.54) is 30.5 Å². The van der Waals surface area contributed by atoms with E-state index in [1.807, 2.05) is 14.1 Å². The molecular weight excluding hydrogens is 298 g/mol. The number of benzene rings is 1. The summed E-state index contributed by atoms with van der Waals surface area (Å²) in [5.41, 5.74) is 2.82. The fourth-order valence-electron chi connectivity index (χ4n) is 4.05. The zero-order valence-electron chi connectivity index (χ0n) is 15.4. The fourth-order valence-corrected chi connectivity index (χ4v) is 4.05. The monoisotopic (exact) mass is 329 g/mol. The van der Waals surface area contributed by atoms with E-state index >= 15 is 0 Å².